The monoisotopic (exact) mass is 347 g/mol. The van der Waals surface area contributed by atoms with Gasteiger partial charge in [-0.15, -0.1) is 0 Å². The Hall–Kier alpha value is -1.18. The number of hydrogen-bond donors (Lipinski definition) is 1. The molecule has 2 heterocycles. The highest BCUT2D eigenvalue weighted by Crippen LogP contribution is 2.24. The van der Waals surface area contributed by atoms with Crippen LogP contribution in [0.1, 0.15) is 0 Å². The van der Waals surface area contributed by atoms with Crippen molar-refractivity contribution in [2.75, 3.05) is 4.72 Å². The lowest BCUT2D eigenvalue weighted by Crippen LogP contribution is -2.14. The summed E-state index contributed by atoms with van der Waals surface area (Å²) in [7, 11) is -3.77. The van der Waals surface area contributed by atoms with Gasteiger partial charge >= 0.3 is 0 Å². The van der Waals surface area contributed by atoms with Crippen LogP contribution in [0.25, 0.3) is 0 Å². The Morgan fingerprint density at radius 1 is 1.28 bits per heavy atom. The maximum Gasteiger partial charge on any atom is 0.265 e. The summed E-state index contributed by atoms with van der Waals surface area (Å²) in [6.07, 6.45) is 4.39. The number of aromatic nitrogens is 2. The number of nitrogens with one attached hydrogen (secondary N) is 1. The van der Waals surface area contributed by atoms with E-state index in [1.807, 2.05) is 0 Å². The highest BCUT2D eigenvalue weighted by molar-refractivity contribution is 9.10. The highest BCUT2D eigenvalue weighted by atomic mass is 79.9. The molecule has 0 aliphatic rings. The van der Waals surface area contributed by atoms with Crippen LogP contribution in [0.4, 0.5) is 5.69 Å². The van der Waals surface area contributed by atoms with Crippen molar-refractivity contribution in [2.45, 2.75) is 4.90 Å². The van der Waals surface area contributed by atoms with E-state index in [4.69, 9.17) is 11.6 Å². The lowest BCUT2D eigenvalue weighted by Gasteiger charge is -2.08. The molecule has 0 unspecified atom stereocenters. The predicted molar refractivity (Wildman–Crippen MR) is 72.0 cm³/mol. The highest BCUT2D eigenvalue weighted by Gasteiger charge is 2.19. The van der Waals surface area contributed by atoms with Gasteiger partial charge in [-0.1, -0.05) is 11.6 Å². The van der Waals surface area contributed by atoms with Gasteiger partial charge < -0.3 is 0 Å². The van der Waals surface area contributed by atoms with Crippen LogP contribution in [0.15, 0.2) is 46.2 Å². The Kier molecular flexibility index (Phi) is 3.84. The zero-order valence-corrected chi connectivity index (χ0v) is 12.0. The van der Waals surface area contributed by atoms with Crippen molar-refractivity contribution in [2.24, 2.45) is 0 Å². The van der Waals surface area contributed by atoms with Crippen molar-refractivity contribution in [1.82, 2.24) is 9.97 Å². The van der Waals surface area contributed by atoms with Crippen LogP contribution in [-0.2, 0) is 10.0 Å². The van der Waals surface area contributed by atoms with Crippen LogP contribution in [0.2, 0.25) is 5.15 Å². The number of sulfonamides is 1. The molecule has 94 valence electrons. The first-order chi connectivity index (χ1) is 8.49. The van der Waals surface area contributed by atoms with E-state index in [-0.39, 0.29) is 10.0 Å². The van der Waals surface area contributed by atoms with Crippen LogP contribution in [0, 0.1) is 0 Å². The molecule has 5 nitrogen and oxygen atoms in total. The van der Waals surface area contributed by atoms with Gasteiger partial charge in [0.25, 0.3) is 10.0 Å². The summed E-state index contributed by atoms with van der Waals surface area (Å²) < 4.78 is 27.1. The molecule has 2 rings (SSSR count). The average molecular weight is 349 g/mol. The van der Waals surface area contributed by atoms with Crippen molar-refractivity contribution < 1.29 is 8.42 Å². The summed E-state index contributed by atoms with van der Waals surface area (Å²) >= 11 is 8.93. The first-order valence-electron chi connectivity index (χ1n) is 4.73. The third-order valence-corrected chi connectivity index (χ3v) is 4.24. The smallest absolute Gasteiger partial charge is 0.265 e. The fourth-order valence-corrected chi connectivity index (χ4v) is 3.23. The molecule has 2 aromatic rings. The fraction of sp³-hybridized carbons (Fsp3) is 0. The molecule has 0 amide bonds. The summed E-state index contributed by atoms with van der Waals surface area (Å²) in [4.78, 5) is 7.49. The molecule has 0 radical (unpaired) electrons. The molecule has 8 heteroatoms. The van der Waals surface area contributed by atoms with Crippen LogP contribution >= 0.6 is 27.5 Å². The number of hydrogen-bond acceptors (Lipinski definition) is 4. The van der Waals surface area contributed by atoms with Crippen LogP contribution in [0.3, 0.4) is 0 Å². The first kappa shape index (κ1) is 13.3. The van der Waals surface area contributed by atoms with E-state index in [1.54, 1.807) is 0 Å². The summed E-state index contributed by atoms with van der Waals surface area (Å²) in [5, 5.41) is -0.0836. The molecule has 18 heavy (non-hydrogen) atoms. The Labute approximate surface area is 117 Å². The predicted octanol–water partition coefficient (Wildman–Crippen LogP) is 2.69. The molecule has 2 aromatic heterocycles. The minimum absolute atomic E-state index is 0.0836. The zero-order valence-electron chi connectivity index (χ0n) is 8.84. The molecule has 0 aliphatic carbocycles. The number of pyridine rings is 2. The minimum atomic E-state index is -3.77. The normalized spacial score (nSPS) is 11.2. The molecule has 0 bridgehead atoms. The zero-order chi connectivity index (χ0) is 13.2. The third-order valence-electron chi connectivity index (χ3n) is 2.00. The second-order valence-corrected chi connectivity index (χ2v) is 6.21. The summed E-state index contributed by atoms with van der Waals surface area (Å²) in [6, 6.07) is 4.46. The van der Waals surface area contributed by atoms with E-state index in [2.05, 4.69) is 30.6 Å². The molecule has 0 fully saturated rings. The summed E-state index contributed by atoms with van der Waals surface area (Å²) in [5.74, 6) is 0. The van der Waals surface area contributed by atoms with Gasteiger partial charge in [-0.2, -0.15) is 0 Å². The average Bonchev–Trinajstić information content (AvgIpc) is 2.33. The molecular formula is C10H7BrClN3O2S. The van der Waals surface area contributed by atoms with Crippen molar-refractivity contribution in [3.63, 3.8) is 0 Å². The maximum atomic E-state index is 12.1. The number of anilines is 1. The Morgan fingerprint density at radius 2 is 1.94 bits per heavy atom. The lowest BCUT2D eigenvalue weighted by atomic mass is 10.4. The van der Waals surface area contributed by atoms with Crippen LogP contribution in [-0.4, -0.2) is 18.4 Å². The van der Waals surface area contributed by atoms with Gasteiger partial charge in [-0.05, 0) is 34.1 Å². The van der Waals surface area contributed by atoms with Gasteiger partial charge in [0.05, 0.1) is 5.69 Å². The molecule has 0 saturated carbocycles. The van der Waals surface area contributed by atoms with E-state index in [9.17, 15) is 8.42 Å². The van der Waals surface area contributed by atoms with Crippen molar-refractivity contribution in [1.29, 1.82) is 0 Å². The number of nitrogens with zero attached hydrogens (tertiary/aromatic N) is 2. The number of halogens is 2. The standard InChI is InChI=1S/C10H7BrClN3O2S/c11-7-5-9(10(12)14-6-7)18(16,17)15-8-1-3-13-4-2-8/h1-6H,(H,13,15). The van der Waals surface area contributed by atoms with E-state index in [0.29, 0.717) is 10.2 Å². The van der Waals surface area contributed by atoms with Crippen molar-refractivity contribution in [3.8, 4) is 0 Å². The molecule has 0 atom stereocenters. The SMILES string of the molecule is O=S(=O)(Nc1ccncc1)c1cc(Br)cnc1Cl. The van der Waals surface area contributed by atoms with E-state index in [0.717, 1.165) is 0 Å². The van der Waals surface area contributed by atoms with Gasteiger partial charge in [-0.25, -0.2) is 13.4 Å². The molecular weight excluding hydrogens is 342 g/mol. The Bertz CT molecular complexity index is 664. The molecule has 0 spiro atoms. The van der Waals surface area contributed by atoms with E-state index < -0.39 is 10.0 Å². The lowest BCUT2D eigenvalue weighted by molar-refractivity contribution is 0.601. The van der Waals surface area contributed by atoms with Gasteiger partial charge in [0.2, 0.25) is 0 Å². The van der Waals surface area contributed by atoms with E-state index >= 15 is 0 Å². The Morgan fingerprint density at radius 3 is 2.61 bits per heavy atom. The Balaban J connectivity index is 2.40. The third kappa shape index (κ3) is 2.98. The molecule has 0 aliphatic heterocycles. The molecule has 0 aromatic carbocycles. The van der Waals surface area contributed by atoms with Gasteiger partial charge in [0.1, 0.15) is 10.0 Å². The maximum absolute atomic E-state index is 12.1. The second kappa shape index (κ2) is 5.21. The minimum Gasteiger partial charge on any atom is -0.279 e. The molecule has 1 N–H and O–H groups in total. The van der Waals surface area contributed by atoms with Gasteiger partial charge in [0, 0.05) is 23.1 Å². The largest absolute Gasteiger partial charge is 0.279 e. The summed E-state index contributed by atoms with van der Waals surface area (Å²) in [5.41, 5.74) is 0.404. The first-order valence-corrected chi connectivity index (χ1v) is 7.38. The van der Waals surface area contributed by atoms with E-state index in [1.165, 1.54) is 36.8 Å². The topological polar surface area (TPSA) is 72.0 Å². The van der Waals surface area contributed by atoms with Crippen molar-refractivity contribution >= 4 is 43.2 Å². The van der Waals surface area contributed by atoms with Gasteiger partial charge in [0.15, 0.2) is 0 Å². The summed E-state index contributed by atoms with van der Waals surface area (Å²) in [6.45, 7) is 0. The van der Waals surface area contributed by atoms with Crippen molar-refractivity contribution in [3.05, 3.63) is 46.4 Å². The van der Waals surface area contributed by atoms with Gasteiger partial charge in [-0.3, -0.25) is 9.71 Å². The molecule has 0 saturated heterocycles. The van der Waals surface area contributed by atoms with Crippen LogP contribution < -0.4 is 4.72 Å². The van der Waals surface area contributed by atoms with Crippen LogP contribution in [0.5, 0.6) is 0 Å². The fourth-order valence-electron chi connectivity index (χ4n) is 1.22. The number of rotatable bonds is 3. The quantitative estimate of drug-likeness (QED) is 0.866. The second-order valence-electron chi connectivity index (χ2n) is 3.28.